The molecule has 0 spiro atoms. The zero-order valence-corrected chi connectivity index (χ0v) is 47.5. The van der Waals surface area contributed by atoms with Crippen LogP contribution in [0.3, 0.4) is 0 Å². The molecule has 0 fully saturated rings. The molecule has 56 heavy (non-hydrogen) atoms. The van der Waals surface area contributed by atoms with E-state index in [0.717, 1.165) is 37.5 Å². The number of esters is 4. The van der Waals surface area contributed by atoms with Gasteiger partial charge in [-0.1, -0.05) is 173 Å². The number of unbranched alkanes of at least 4 members (excludes halogenated alkanes) is 8. The van der Waals surface area contributed by atoms with Gasteiger partial charge in [0.05, 0.1) is 36.2 Å². The first-order valence-electron chi connectivity index (χ1n) is 20.7. The smallest absolute Gasteiger partial charge is 0.315 e. The standard InChI is InChI=1S/2C10H20O2S.C6H10O4S2.4C4H10.2Sn/c2*1-9(2)6-4-3-5-7-12-10(11)8-13;7-5(3-11)9-1-2-10-6(8)4-12;4*1-3-4-2;;/h2*9,13H,3-8H2,1-2H3;11-12H,1-4H2;4*3-4H2,1-2H3;;. The van der Waals surface area contributed by atoms with Crippen LogP contribution >= 0.6 is 50.5 Å². The summed E-state index contributed by atoms with van der Waals surface area (Å²) in [4.78, 5) is 42.3. The Labute approximate surface area is 404 Å². The molecule has 338 valence electrons. The number of carbonyl (C=O) groups excluding carboxylic acids is 4. The first-order valence-corrected chi connectivity index (χ1v) is 23.3. The van der Waals surface area contributed by atoms with E-state index < -0.39 is 11.9 Å². The van der Waals surface area contributed by atoms with Gasteiger partial charge in [-0.2, -0.15) is 50.5 Å². The first kappa shape index (κ1) is 77.5. The van der Waals surface area contributed by atoms with Gasteiger partial charge in [-0.25, -0.2) is 0 Å². The molecule has 0 aromatic rings. The molecular weight excluding hydrogens is 998 g/mol. The minimum absolute atomic E-state index is 0. The third-order valence-corrected chi connectivity index (χ3v) is 7.54. The van der Waals surface area contributed by atoms with E-state index in [9.17, 15) is 19.2 Å². The normalized spacial score (nSPS) is 8.96. The van der Waals surface area contributed by atoms with Crippen molar-refractivity contribution in [3.05, 3.63) is 0 Å². The van der Waals surface area contributed by atoms with Crippen LogP contribution in [0.1, 0.15) is 186 Å². The quantitative estimate of drug-likeness (QED) is 0.0264. The fourth-order valence-corrected chi connectivity index (χ4v) is 2.89. The van der Waals surface area contributed by atoms with Crippen molar-refractivity contribution < 1.29 is 38.1 Å². The Hall–Kier alpha value is 0.877. The molecule has 0 unspecified atom stereocenters. The average molecular weight is 1090 g/mol. The molecule has 8 nitrogen and oxygen atoms in total. The Balaban J connectivity index is -0.0000000698. The summed E-state index contributed by atoms with van der Waals surface area (Å²) in [5.74, 6) is 0.693. The van der Waals surface area contributed by atoms with Crippen molar-refractivity contribution in [2.24, 2.45) is 11.8 Å². The maximum Gasteiger partial charge on any atom is 0.315 e. The van der Waals surface area contributed by atoms with E-state index in [2.05, 4.69) is 143 Å². The molecule has 0 bridgehead atoms. The number of thiol groups is 4. The minimum Gasteiger partial charge on any atom is -0.465 e. The zero-order chi connectivity index (χ0) is 43.3. The maximum absolute atomic E-state index is 10.7. The second-order valence-electron chi connectivity index (χ2n) is 13.0. The molecule has 0 rings (SSSR count). The molecular formula is C42H90O8S4Sn2. The molecule has 0 heterocycles. The van der Waals surface area contributed by atoms with Crippen LogP contribution in [0.15, 0.2) is 0 Å². The average Bonchev–Trinajstić information content (AvgIpc) is 3.19. The van der Waals surface area contributed by atoms with Gasteiger partial charge in [0.1, 0.15) is 13.2 Å². The van der Waals surface area contributed by atoms with Gasteiger partial charge < -0.3 is 18.9 Å². The van der Waals surface area contributed by atoms with E-state index in [-0.39, 0.29) is 96.0 Å². The zero-order valence-electron chi connectivity index (χ0n) is 38.2. The van der Waals surface area contributed by atoms with E-state index in [1.807, 2.05) is 0 Å². The van der Waals surface area contributed by atoms with Crippen LogP contribution in [0.25, 0.3) is 0 Å². The van der Waals surface area contributed by atoms with Gasteiger partial charge in [-0.05, 0) is 24.7 Å². The number of ether oxygens (including phenoxy) is 4. The third-order valence-electron chi connectivity index (χ3n) is 6.50. The molecule has 0 saturated carbocycles. The molecule has 14 heteroatoms. The number of hydrogen-bond donors (Lipinski definition) is 4. The third kappa shape index (κ3) is 111. The van der Waals surface area contributed by atoms with Crippen molar-refractivity contribution >= 4 is 122 Å². The molecule has 0 aliphatic heterocycles. The summed E-state index contributed by atoms with van der Waals surface area (Å²) in [6.07, 6.45) is 19.8. The van der Waals surface area contributed by atoms with Crippen LogP contribution in [0, 0.1) is 11.8 Å². The summed E-state index contributed by atoms with van der Waals surface area (Å²) in [6, 6.07) is 0. The molecule has 0 aliphatic rings. The maximum atomic E-state index is 10.7. The second kappa shape index (κ2) is 76.6. The second-order valence-corrected chi connectivity index (χ2v) is 14.3. The van der Waals surface area contributed by atoms with Gasteiger partial charge in [0.15, 0.2) is 0 Å². The van der Waals surface area contributed by atoms with Crippen LogP contribution in [0.5, 0.6) is 0 Å². The molecule has 0 N–H and O–H groups in total. The summed E-state index contributed by atoms with van der Waals surface area (Å²) >= 11 is 15.0. The summed E-state index contributed by atoms with van der Waals surface area (Å²) in [7, 11) is 0. The summed E-state index contributed by atoms with van der Waals surface area (Å²) in [6.45, 7) is 27.6. The minimum atomic E-state index is -0.430. The fraction of sp³-hybridized carbons (Fsp3) is 0.905. The monoisotopic (exact) mass is 1090 g/mol. The van der Waals surface area contributed by atoms with E-state index in [1.165, 1.54) is 77.0 Å². The molecule has 0 amide bonds. The van der Waals surface area contributed by atoms with Crippen LogP contribution < -0.4 is 0 Å². The molecule has 0 atom stereocenters. The molecule has 0 saturated heterocycles. The van der Waals surface area contributed by atoms with Gasteiger partial charge in [0.2, 0.25) is 0 Å². The molecule has 8 radical (unpaired) electrons. The van der Waals surface area contributed by atoms with E-state index in [0.29, 0.717) is 13.2 Å². The van der Waals surface area contributed by atoms with Crippen molar-refractivity contribution in [1.82, 2.24) is 0 Å². The van der Waals surface area contributed by atoms with Crippen LogP contribution in [-0.2, 0) is 38.1 Å². The van der Waals surface area contributed by atoms with Crippen LogP contribution in [0.4, 0.5) is 0 Å². The van der Waals surface area contributed by atoms with Crippen molar-refractivity contribution in [2.45, 2.75) is 186 Å². The van der Waals surface area contributed by atoms with Crippen molar-refractivity contribution in [2.75, 3.05) is 49.4 Å². The van der Waals surface area contributed by atoms with E-state index in [4.69, 9.17) is 9.47 Å². The predicted octanol–water partition coefficient (Wildman–Crippen LogP) is 11.7. The van der Waals surface area contributed by atoms with E-state index >= 15 is 0 Å². The summed E-state index contributed by atoms with van der Waals surface area (Å²) < 4.78 is 18.9. The molecule has 0 aromatic carbocycles. The Kier molecular flexibility index (Phi) is 106. The predicted molar refractivity (Wildman–Crippen MR) is 260 cm³/mol. The van der Waals surface area contributed by atoms with Gasteiger partial charge in [-0.15, -0.1) is 0 Å². The van der Waals surface area contributed by atoms with Gasteiger partial charge in [0, 0.05) is 47.8 Å². The van der Waals surface area contributed by atoms with Crippen LogP contribution in [-0.4, -0.2) is 121 Å². The summed E-state index contributed by atoms with van der Waals surface area (Å²) in [5.41, 5.74) is 0. The van der Waals surface area contributed by atoms with Gasteiger partial charge >= 0.3 is 23.9 Å². The van der Waals surface area contributed by atoms with Crippen molar-refractivity contribution in [3.63, 3.8) is 0 Å². The molecule has 0 aromatic heterocycles. The van der Waals surface area contributed by atoms with Crippen molar-refractivity contribution in [3.8, 4) is 0 Å². The largest absolute Gasteiger partial charge is 0.465 e. The number of carbonyl (C=O) groups is 4. The summed E-state index contributed by atoms with van der Waals surface area (Å²) in [5, 5.41) is 0. The number of rotatable bonds is 23. The fourth-order valence-electron chi connectivity index (χ4n) is 2.53. The van der Waals surface area contributed by atoms with Gasteiger partial charge in [0.25, 0.3) is 0 Å². The Bertz CT molecular complexity index is 650. The number of hydrogen-bond acceptors (Lipinski definition) is 12. The van der Waals surface area contributed by atoms with Crippen molar-refractivity contribution in [1.29, 1.82) is 0 Å². The topological polar surface area (TPSA) is 105 Å². The first-order chi connectivity index (χ1) is 25.7. The van der Waals surface area contributed by atoms with Gasteiger partial charge in [-0.3, -0.25) is 19.2 Å². The Morgan fingerprint density at radius 1 is 0.357 bits per heavy atom. The SMILES string of the molecule is CC(C)CCCCCOC(=O)CS.CC(C)CCCCCOC(=O)CS.CCCC.CCCC.CCCC.CCCC.O=C(CS)OCCOC(=O)CS.[Sn].[Sn]. The Morgan fingerprint density at radius 2 is 0.554 bits per heavy atom. The van der Waals surface area contributed by atoms with E-state index in [1.54, 1.807) is 0 Å². The van der Waals surface area contributed by atoms with Crippen LogP contribution in [0.2, 0.25) is 0 Å². The molecule has 0 aliphatic carbocycles. The Morgan fingerprint density at radius 3 is 0.714 bits per heavy atom.